The zero-order valence-corrected chi connectivity index (χ0v) is 17.4. The maximum atomic E-state index is 12.4. The molecule has 8 heteroatoms. The Morgan fingerprint density at radius 3 is 2.41 bits per heavy atom. The molecule has 4 nitrogen and oxygen atoms in total. The van der Waals surface area contributed by atoms with E-state index in [1.54, 1.807) is 12.1 Å². The van der Waals surface area contributed by atoms with E-state index in [0.29, 0.717) is 6.42 Å². The van der Waals surface area contributed by atoms with Gasteiger partial charge < -0.3 is 14.8 Å². The molecule has 0 spiro atoms. The van der Waals surface area contributed by atoms with E-state index in [0.717, 1.165) is 28.4 Å². The fraction of sp³-hybridized carbons (Fsp3) is 0.381. The number of ether oxygens (including phenoxy) is 2. The Balaban J connectivity index is 1.56. The first-order valence-electron chi connectivity index (χ1n) is 9.14. The number of benzene rings is 2. The monoisotopic (exact) mass is 471 g/mol. The lowest BCUT2D eigenvalue weighted by Gasteiger charge is -2.18. The molecule has 1 amide bonds. The number of aryl methyl sites for hydroxylation is 1. The number of alkyl halides is 3. The molecule has 1 saturated carbocycles. The van der Waals surface area contributed by atoms with Gasteiger partial charge in [0.15, 0.2) is 18.1 Å². The van der Waals surface area contributed by atoms with Crippen LogP contribution in [0.15, 0.2) is 46.9 Å². The summed E-state index contributed by atoms with van der Waals surface area (Å²) in [7, 11) is 1.36. The summed E-state index contributed by atoms with van der Waals surface area (Å²) in [6.45, 7) is -1.39. The number of amides is 1. The highest BCUT2D eigenvalue weighted by atomic mass is 79.9. The summed E-state index contributed by atoms with van der Waals surface area (Å²) < 4.78 is 47.9. The minimum Gasteiger partial charge on any atom is -0.493 e. The average molecular weight is 472 g/mol. The van der Waals surface area contributed by atoms with Gasteiger partial charge in [-0.1, -0.05) is 34.1 Å². The predicted octanol–water partition coefficient (Wildman–Crippen LogP) is 5.14. The highest BCUT2D eigenvalue weighted by Crippen LogP contribution is 2.45. The Kier molecular flexibility index (Phi) is 6.41. The van der Waals surface area contributed by atoms with Crippen molar-refractivity contribution >= 4 is 21.8 Å². The van der Waals surface area contributed by atoms with Crippen LogP contribution in [0.2, 0.25) is 0 Å². The van der Waals surface area contributed by atoms with Crippen molar-refractivity contribution in [2.24, 2.45) is 0 Å². The van der Waals surface area contributed by atoms with Gasteiger partial charge in [-0.25, -0.2) is 0 Å². The number of halogens is 4. The molecule has 1 aliphatic rings. The average Bonchev–Trinajstić information content (AvgIpc) is 3.45. The number of hydrogen-bond donors (Lipinski definition) is 1. The van der Waals surface area contributed by atoms with Gasteiger partial charge in [-0.05, 0) is 54.7 Å². The highest BCUT2D eigenvalue weighted by Gasteiger charge is 2.45. The van der Waals surface area contributed by atoms with Crippen LogP contribution in [0.5, 0.6) is 11.5 Å². The van der Waals surface area contributed by atoms with Gasteiger partial charge in [0, 0.05) is 10.9 Å². The quantitative estimate of drug-likeness (QED) is 0.579. The number of carbonyl (C=O) groups excluding carboxylic acids is 1. The summed E-state index contributed by atoms with van der Waals surface area (Å²) in [4.78, 5) is 12.4. The van der Waals surface area contributed by atoms with Gasteiger partial charge in [0.25, 0.3) is 0 Å². The van der Waals surface area contributed by atoms with Crippen LogP contribution in [0.25, 0.3) is 0 Å². The van der Waals surface area contributed by atoms with E-state index in [4.69, 9.17) is 9.47 Å². The van der Waals surface area contributed by atoms with Crippen LogP contribution in [-0.4, -0.2) is 25.8 Å². The van der Waals surface area contributed by atoms with Crippen LogP contribution in [0, 0.1) is 0 Å². The van der Waals surface area contributed by atoms with Gasteiger partial charge in [0.05, 0.1) is 12.6 Å². The summed E-state index contributed by atoms with van der Waals surface area (Å²) >= 11 is 3.41. The minimum absolute atomic E-state index is 0.0187. The molecule has 3 rings (SSSR count). The highest BCUT2D eigenvalue weighted by molar-refractivity contribution is 9.10. The van der Waals surface area contributed by atoms with Crippen molar-refractivity contribution in [2.75, 3.05) is 13.7 Å². The Hall–Kier alpha value is -2.22. The molecule has 29 heavy (non-hydrogen) atoms. The van der Waals surface area contributed by atoms with Crippen molar-refractivity contribution in [2.45, 2.75) is 37.4 Å². The molecule has 156 valence electrons. The second kappa shape index (κ2) is 8.65. The molecule has 2 aromatic rings. The number of methoxy groups -OCH3 is 1. The lowest BCUT2D eigenvalue weighted by Crippen LogP contribution is -2.34. The van der Waals surface area contributed by atoms with Crippen molar-refractivity contribution in [1.29, 1.82) is 0 Å². The first kappa shape index (κ1) is 21.5. The second-order valence-electron chi connectivity index (χ2n) is 7.03. The number of hydrogen-bond acceptors (Lipinski definition) is 3. The zero-order chi connectivity index (χ0) is 21.1. The van der Waals surface area contributed by atoms with E-state index in [1.807, 2.05) is 24.3 Å². The molecule has 0 unspecified atom stereocenters. The fourth-order valence-corrected chi connectivity index (χ4v) is 3.38. The Morgan fingerprint density at radius 2 is 1.83 bits per heavy atom. The molecule has 0 atom stereocenters. The van der Waals surface area contributed by atoms with Crippen LogP contribution in [0.4, 0.5) is 13.2 Å². The van der Waals surface area contributed by atoms with E-state index >= 15 is 0 Å². The molecule has 1 N–H and O–H groups in total. The van der Waals surface area contributed by atoms with Gasteiger partial charge >= 0.3 is 6.18 Å². The summed E-state index contributed by atoms with van der Waals surface area (Å²) in [5, 5.41) is 3.12. The molecule has 0 bridgehead atoms. The Bertz CT molecular complexity index is 864. The van der Waals surface area contributed by atoms with Crippen molar-refractivity contribution < 1.29 is 27.4 Å². The molecule has 2 aromatic carbocycles. The predicted molar refractivity (Wildman–Crippen MR) is 106 cm³/mol. The maximum Gasteiger partial charge on any atom is 0.422 e. The molecule has 0 saturated heterocycles. The molecule has 0 radical (unpaired) electrons. The summed E-state index contributed by atoms with van der Waals surface area (Å²) in [5.74, 6) is 0.160. The lowest BCUT2D eigenvalue weighted by atomic mass is 10.0. The molecule has 0 aromatic heterocycles. The first-order chi connectivity index (χ1) is 13.7. The van der Waals surface area contributed by atoms with Crippen LogP contribution in [0.1, 0.15) is 30.4 Å². The molecule has 1 aliphatic carbocycles. The smallest absolute Gasteiger partial charge is 0.422 e. The third-order valence-corrected chi connectivity index (χ3v) is 5.31. The molecule has 0 aliphatic heterocycles. The molecule has 0 heterocycles. The first-order valence-corrected chi connectivity index (χ1v) is 9.94. The fourth-order valence-electron chi connectivity index (χ4n) is 3.11. The Labute approximate surface area is 175 Å². The van der Waals surface area contributed by atoms with E-state index in [2.05, 4.69) is 21.2 Å². The standard InChI is InChI=1S/C21H21BrF3NO3/c1-28-18-12-14(2-8-17(18)29-13-21(23,24)25)3-9-19(27)26-20(10-11-20)15-4-6-16(22)7-5-15/h2,4-8,12H,3,9-11,13H2,1H3,(H,26,27). The topological polar surface area (TPSA) is 47.6 Å². The van der Waals surface area contributed by atoms with E-state index < -0.39 is 12.8 Å². The Morgan fingerprint density at radius 1 is 1.14 bits per heavy atom. The van der Waals surface area contributed by atoms with Crippen LogP contribution < -0.4 is 14.8 Å². The van der Waals surface area contributed by atoms with Crippen LogP contribution in [0.3, 0.4) is 0 Å². The van der Waals surface area contributed by atoms with Gasteiger partial charge in [-0.3, -0.25) is 4.79 Å². The van der Waals surface area contributed by atoms with Gasteiger partial charge in [0.1, 0.15) is 0 Å². The zero-order valence-electron chi connectivity index (χ0n) is 15.8. The van der Waals surface area contributed by atoms with Gasteiger partial charge in [-0.2, -0.15) is 13.2 Å². The van der Waals surface area contributed by atoms with E-state index in [-0.39, 0.29) is 29.4 Å². The molecular formula is C21H21BrF3NO3. The number of rotatable bonds is 8. The molecule has 1 fully saturated rings. The van der Waals surface area contributed by atoms with E-state index in [1.165, 1.54) is 13.2 Å². The third kappa shape index (κ3) is 5.88. The number of carbonyl (C=O) groups is 1. The second-order valence-corrected chi connectivity index (χ2v) is 7.94. The van der Waals surface area contributed by atoms with Gasteiger partial charge in [0.2, 0.25) is 5.91 Å². The summed E-state index contributed by atoms with van der Waals surface area (Å²) in [6, 6.07) is 12.6. The third-order valence-electron chi connectivity index (χ3n) is 4.79. The maximum absolute atomic E-state index is 12.4. The van der Waals surface area contributed by atoms with Crippen molar-refractivity contribution in [3.05, 3.63) is 58.1 Å². The molecular weight excluding hydrogens is 451 g/mol. The van der Waals surface area contributed by atoms with Crippen LogP contribution >= 0.6 is 15.9 Å². The van der Waals surface area contributed by atoms with Crippen molar-refractivity contribution in [3.63, 3.8) is 0 Å². The summed E-state index contributed by atoms with van der Waals surface area (Å²) in [5.41, 5.74) is 1.58. The minimum atomic E-state index is -4.42. The van der Waals surface area contributed by atoms with Gasteiger partial charge in [-0.15, -0.1) is 0 Å². The van der Waals surface area contributed by atoms with Crippen molar-refractivity contribution in [1.82, 2.24) is 5.32 Å². The van der Waals surface area contributed by atoms with E-state index in [9.17, 15) is 18.0 Å². The van der Waals surface area contributed by atoms with Crippen LogP contribution in [-0.2, 0) is 16.8 Å². The lowest BCUT2D eigenvalue weighted by molar-refractivity contribution is -0.153. The number of nitrogens with one attached hydrogen (secondary N) is 1. The largest absolute Gasteiger partial charge is 0.493 e. The normalized spacial score (nSPS) is 14.9. The van der Waals surface area contributed by atoms with Crippen molar-refractivity contribution in [3.8, 4) is 11.5 Å². The summed E-state index contributed by atoms with van der Waals surface area (Å²) in [6.07, 6.45) is -1.91. The SMILES string of the molecule is COc1cc(CCC(=O)NC2(c3ccc(Br)cc3)CC2)ccc1OCC(F)(F)F.